The lowest BCUT2D eigenvalue weighted by atomic mass is 9.87. The van der Waals surface area contributed by atoms with Crippen LogP contribution in [0.5, 0.6) is 5.75 Å². The van der Waals surface area contributed by atoms with E-state index in [0.29, 0.717) is 29.0 Å². The Bertz CT molecular complexity index is 1010. The summed E-state index contributed by atoms with van der Waals surface area (Å²) >= 11 is 7.21. The zero-order chi connectivity index (χ0) is 22.4. The highest BCUT2D eigenvalue weighted by Crippen LogP contribution is 2.25. The number of nitrogens with zero attached hydrogens (tertiary/aromatic N) is 3. The molecule has 0 radical (unpaired) electrons. The summed E-state index contributed by atoms with van der Waals surface area (Å²) in [5.74, 6) is 1.63. The second-order valence-corrected chi connectivity index (χ2v) is 9.43. The van der Waals surface area contributed by atoms with Gasteiger partial charge in [-0.1, -0.05) is 56.3 Å². The monoisotopic (exact) mass is 458 g/mol. The minimum atomic E-state index is -0.116. The number of carbonyl (C=O) groups excluding carboxylic acids is 1. The number of thioether (sulfide) groups is 1. The maximum Gasteiger partial charge on any atom is 0.234 e. The molecule has 2 aromatic carbocycles. The predicted molar refractivity (Wildman–Crippen MR) is 126 cm³/mol. The van der Waals surface area contributed by atoms with Crippen molar-refractivity contribution in [2.75, 3.05) is 11.1 Å². The Labute approximate surface area is 192 Å². The molecule has 1 amide bonds. The first-order chi connectivity index (χ1) is 14.8. The number of aromatic nitrogens is 3. The van der Waals surface area contributed by atoms with Crippen molar-refractivity contribution < 1.29 is 9.53 Å². The van der Waals surface area contributed by atoms with E-state index in [-0.39, 0.29) is 17.1 Å². The Hall–Kier alpha value is -2.51. The Morgan fingerprint density at radius 3 is 2.39 bits per heavy atom. The molecule has 164 valence electrons. The van der Waals surface area contributed by atoms with E-state index in [9.17, 15) is 4.79 Å². The fourth-order valence-electron chi connectivity index (χ4n) is 2.91. The van der Waals surface area contributed by atoms with Gasteiger partial charge in [0.25, 0.3) is 0 Å². The predicted octanol–water partition coefficient (Wildman–Crippen LogP) is 5.56. The van der Waals surface area contributed by atoms with Crippen LogP contribution in [0, 0.1) is 0 Å². The average molecular weight is 459 g/mol. The lowest BCUT2D eigenvalue weighted by Gasteiger charge is -2.19. The van der Waals surface area contributed by atoms with Crippen molar-refractivity contribution in [1.82, 2.24) is 14.8 Å². The summed E-state index contributed by atoms with van der Waals surface area (Å²) in [5.41, 5.74) is 2.07. The number of amides is 1. The van der Waals surface area contributed by atoms with Gasteiger partial charge in [-0.3, -0.25) is 4.79 Å². The maximum atomic E-state index is 12.2. The number of nitrogens with one attached hydrogen (secondary N) is 1. The van der Waals surface area contributed by atoms with Gasteiger partial charge >= 0.3 is 0 Å². The molecule has 6 nitrogen and oxygen atoms in total. The number of carbonyl (C=O) groups is 1. The molecule has 3 aromatic rings. The average Bonchev–Trinajstić information content (AvgIpc) is 3.14. The molecule has 3 rings (SSSR count). The van der Waals surface area contributed by atoms with Crippen LogP contribution in [-0.4, -0.2) is 26.4 Å². The first-order valence-electron chi connectivity index (χ1n) is 10.1. The second-order valence-electron chi connectivity index (χ2n) is 8.05. The lowest BCUT2D eigenvalue weighted by molar-refractivity contribution is -0.113. The van der Waals surface area contributed by atoms with Gasteiger partial charge in [-0.2, -0.15) is 0 Å². The summed E-state index contributed by atoms with van der Waals surface area (Å²) in [4.78, 5) is 12.2. The molecule has 0 saturated heterocycles. The summed E-state index contributed by atoms with van der Waals surface area (Å²) < 4.78 is 7.87. The number of rotatable bonds is 8. The van der Waals surface area contributed by atoms with Crippen LogP contribution < -0.4 is 10.1 Å². The van der Waals surface area contributed by atoms with Gasteiger partial charge in [0.15, 0.2) is 11.0 Å². The Kier molecular flexibility index (Phi) is 7.62. The van der Waals surface area contributed by atoms with E-state index >= 15 is 0 Å². The molecule has 0 aliphatic rings. The van der Waals surface area contributed by atoms with Crippen molar-refractivity contribution in [2.45, 2.75) is 51.4 Å². The Balaban J connectivity index is 1.56. The van der Waals surface area contributed by atoms with Crippen molar-refractivity contribution in [3.05, 3.63) is 64.9 Å². The Morgan fingerprint density at radius 1 is 1.10 bits per heavy atom. The van der Waals surface area contributed by atoms with Crippen LogP contribution in [0.2, 0.25) is 5.02 Å². The first-order valence-corrected chi connectivity index (χ1v) is 11.5. The van der Waals surface area contributed by atoms with Crippen molar-refractivity contribution in [2.24, 2.45) is 0 Å². The van der Waals surface area contributed by atoms with E-state index in [2.05, 4.69) is 48.4 Å². The van der Waals surface area contributed by atoms with E-state index in [1.54, 1.807) is 24.3 Å². The molecule has 0 aliphatic carbocycles. The molecule has 0 bridgehead atoms. The van der Waals surface area contributed by atoms with Crippen LogP contribution in [0.3, 0.4) is 0 Å². The molecular weight excluding hydrogens is 432 g/mol. The smallest absolute Gasteiger partial charge is 0.234 e. The molecule has 0 saturated carbocycles. The normalized spacial score (nSPS) is 11.4. The molecule has 31 heavy (non-hydrogen) atoms. The fraction of sp³-hybridized carbons (Fsp3) is 0.348. The van der Waals surface area contributed by atoms with E-state index in [1.807, 2.05) is 23.6 Å². The Morgan fingerprint density at radius 2 is 1.77 bits per heavy atom. The number of benzene rings is 2. The van der Waals surface area contributed by atoms with Crippen molar-refractivity contribution in [3.63, 3.8) is 0 Å². The lowest BCUT2D eigenvalue weighted by Crippen LogP contribution is -2.14. The summed E-state index contributed by atoms with van der Waals surface area (Å²) in [7, 11) is 0. The number of anilines is 1. The molecule has 8 heteroatoms. The van der Waals surface area contributed by atoms with Gasteiger partial charge in [-0.05, 0) is 54.3 Å². The number of hydrogen-bond donors (Lipinski definition) is 1. The standard InChI is InChI=1S/C23H27ClN4O2S/c1-5-28-20(14-30-19-12-6-16(7-13-19)23(2,3)4)26-27-22(28)31-15-21(29)25-18-10-8-17(24)9-11-18/h6-13H,5,14-15H2,1-4H3,(H,25,29). The maximum absolute atomic E-state index is 12.2. The molecule has 0 fully saturated rings. The van der Waals surface area contributed by atoms with Crippen molar-refractivity contribution in [1.29, 1.82) is 0 Å². The number of ether oxygens (including phenoxy) is 1. The van der Waals surface area contributed by atoms with Crippen molar-refractivity contribution in [3.8, 4) is 5.75 Å². The van der Waals surface area contributed by atoms with Gasteiger partial charge in [0.2, 0.25) is 5.91 Å². The number of hydrogen-bond acceptors (Lipinski definition) is 5. The zero-order valence-electron chi connectivity index (χ0n) is 18.2. The van der Waals surface area contributed by atoms with Crippen LogP contribution in [-0.2, 0) is 23.4 Å². The SMILES string of the molecule is CCn1c(COc2ccc(C(C)(C)C)cc2)nnc1SCC(=O)Nc1ccc(Cl)cc1. The molecular formula is C23H27ClN4O2S. The summed E-state index contributed by atoms with van der Waals surface area (Å²) in [5, 5.41) is 12.6. The minimum absolute atomic E-state index is 0.104. The fourth-order valence-corrected chi connectivity index (χ4v) is 3.86. The van der Waals surface area contributed by atoms with Gasteiger partial charge in [0.05, 0.1) is 5.75 Å². The van der Waals surface area contributed by atoms with E-state index in [1.165, 1.54) is 17.3 Å². The van der Waals surface area contributed by atoms with Gasteiger partial charge in [-0.25, -0.2) is 0 Å². The first kappa shape index (κ1) is 23.2. The zero-order valence-corrected chi connectivity index (χ0v) is 19.8. The van der Waals surface area contributed by atoms with Crippen LogP contribution in [0.25, 0.3) is 0 Å². The van der Waals surface area contributed by atoms with Gasteiger partial charge in [0.1, 0.15) is 12.4 Å². The van der Waals surface area contributed by atoms with Gasteiger partial charge in [0, 0.05) is 17.3 Å². The van der Waals surface area contributed by atoms with Crippen LogP contribution in [0.4, 0.5) is 5.69 Å². The van der Waals surface area contributed by atoms with Crippen LogP contribution in [0.1, 0.15) is 39.1 Å². The summed E-state index contributed by atoms with van der Waals surface area (Å²) in [6.07, 6.45) is 0. The molecule has 0 aliphatic heterocycles. The second kappa shape index (κ2) is 10.2. The van der Waals surface area contributed by atoms with Gasteiger partial charge < -0.3 is 14.6 Å². The van der Waals surface area contributed by atoms with Gasteiger partial charge in [-0.15, -0.1) is 10.2 Å². The molecule has 0 unspecified atom stereocenters. The molecule has 0 spiro atoms. The quantitative estimate of drug-likeness (QED) is 0.447. The molecule has 1 heterocycles. The number of halogens is 1. The highest BCUT2D eigenvalue weighted by atomic mass is 35.5. The largest absolute Gasteiger partial charge is 0.486 e. The van der Waals surface area contributed by atoms with E-state index in [4.69, 9.17) is 16.3 Å². The highest BCUT2D eigenvalue weighted by molar-refractivity contribution is 7.99. The van der Waals surface area contributed by atoms with E-state index < -0.39 is 0 Å². The third-order valence-corrected chi connectivity index (χ3v) is 5.88. The molecule has 1 aromatic heterocycles. The summed E-state index contributed by atoms with van der Waals surface area (Å²) in [6, 6.07) is 15.1. The topological polar surface area (TPSA) is 69.0 Å². The third-order valence-electron chi connectivity index (χ3n) is 4.66. The van der Waals surface area contributed by atoms with Crippen molar-refractivity contribution >= 4 is 35.0 Å². The third kappa shape index (κ3) is 6.48. The van der Waals surface area contributed by atoms with E-state index in [0.717, 1.165) is 11.6 Å². The summed E-state index contributed by atoms with van der Waals surface area (Å²) in [6.45, 7) is 9.57. The molecule has 1 N–H and O–H groups in total. The van der Waals surface area contributed by atoms with Crippen LogP contribution in [0.15, 0.2) is 53.7 Å². The molecule has 0 atom stereocenters. The minimum Gasteiger partial charge on any atom is -0.486 e. The van der Waals surface area contributed by atoms with Crippen LogP contribution >= 0.6 is 23.4 Å². The highest BCUT2D eigenvalue weighted by Gasteiger charge is 2.15.